The van der Waals surface area contributed by atoms with Crippen LogP contribution in [-0.4, -0.2) is 0 Å². The highest BCUT2D eigenvalue weighted by molar-refractivity contribution is 6.04. The Kier molecular flexibility index (Phi) is 6.45. The maximum atomic E-state index is 2.51. The van der Waals surface area contributed by atoms with Crippen molar-refractivity contribution in [2.24, 2.45) is 0 Å². The monoisotopic (exact) mass is 685 g/mol. The third kappa shape index (κ3) is 4.20. The van der Waals surface area contributed by atoms with Crippen molar-refractivity contribution in [3.05, 3.63) is 173 Å². The highest BCUT2D eigenvalue weighted by Crippen LogP contribution is 2.56. The smallest absolute Gasteiger partial charge is 0.0468 e. The van der Waals surface area contributed by atoms with E-state index in [9.17, 15) is 0 Å². The van der Waals surface area contributed by atoms with Crippen molar-refractivity contribution in [2.45, 2.75) is 77.0 Å². The van der Waals surface area contributed by atoms with Crippen LogP contribution >= 0.6 is 0 Å². The van der Waals surface area contributed by atoms with Gasteiger partial charge in [-0.25, -0.2) is 0 Å². The molecule has 53 heavy (non-hydrogen) atoms. The van der Waals surface area contributed by atoms with E-state index in [2.05, 4.69) is 200 Å². The second kappa shape index (κ2) is 10.6. The van der Waals surface area contributed by atoms with E-state index >= 15 is 0 Å². The topological polar surface area (TPSA) is 3.24 Å². The minimum Gasteiger partial charge on any atom is -0.310 e. The summed E-state index contributed by atoms with van der Waals surface area (Å²) in [6.45, 7) is 19.2. The number of rotatable bonds is 3. The van der Waals surface area contributed by atoms with Crippen LogP contribution in [0.15, 0.2) is 140 Å². The van der Waals surface area contributed by atoms with Crippen LogP contribution in [0.3, 0.4) is 0 Å². The Hall–Kier alpha value is -5.40. The third-order valence-electron chi connectivity index (χ3n) is 14.0. The first-order valence-corrected chi connectivity index (χ1v) is 19.3. The fourth-order valence-corrected chi connectivity index (χ4v) is 10.3. The molecule has 0 bridgehead atoms. The first-order valence-electron chi connectivity index (χ1n) is 19.3. The van der Waals surface area contributed by atoms with Gasteiger partial charge >= 0.3 is 0 Å². The van der Waals surface area contributed by atoms with Crippen LogP contribution in [0.25, 0.3) is 44.2 Å². The maximum Gasteiger partial charge on any atom is 0.0468 e. The molecule has 0 amide bonds. The Labute approximate surface area is 315 Å². The highest BCUT2D eigenvalue weighted by atomic mass is 15.1. The number of anilines is 3. The molecule has 3 aliphatic carbocycles. The molecule has 0 saturated carbocycles. The first-order chi connectivity index (χ1) is 25.3. The third-order valence-corrected chi connectivity index (χ3v) is 14.0. The van der Waals surface area contributed by atoms with E-state index in [4.69, 9.17) is 0 Å². The highest BCUT2D eigenvalue weighted by Gasteiger charge is 2.46. The molecular formula is C52H47N. The average molecular weight is 686 g/mol. The average Bonchev–Trinajstić information content (AvgIpc) is 3.54. The first kappa shape index (κ1) is 32.3. The molecule has 0 aliphatic heterocycles. The van der Waals surface area contributed by atoms with Crippen LogP contribution in [0.4, 0.5) is 17.1 Å². The number of hydrogen-bond acceptors (Lipinski definition) is 1. The molecular weight excluding hydrogens is 639 g/mol. The Morgan fingerprint density at radius 1 is 0.340 bits per heavy atom. The summed E-state index contributed by atoms with van der Waals surface area (Å²) in [7, 11) is 0. The molecule has 1 nitrogen and oxygen atoms in total. The molecule has 0 N–H and O–H groups in total. The van der Waals surface area contributed by atoms with Gasteiger partial charge < -0.3 is 4.90 Å². The molecule has 0 unspecified atom stereocenters. The zero-order valence-electron chi connectivity index (χ0n) is 32.2. The van der Waals surface area contributed by atoms with E-state index < -0.39 is 0 Å². The molecule has 3 aliphatic rings. The number of hydrogen-bond donors (Lipinski definition) is 0. The van der Waals surface area contributed by atoms with Gasteiger partial charge in [0.05, 0.1) is 0 Å². The summed E-state index contributed by atoms with van der Waals surface area (Å²) in [5.41, 5.74) is 19.9. The Balaban J connectivity index is 1.20. The number of nitrogens with zero attached hydrogens (tertiary/aromatic N) is 1. The quantitative estimate of drug-likeness (QED) is 0.179. The van der Waals surface area contributed by atoms with E-state index in [0.29, 0.717) is 0 Å². The summed E-state index contributed by atoms with van der Waals surface area (Å²) in [5.74, 6) is 0. The maximum absolute atomic E-state index is 2.51. The van der Waals surface area contributed by atoms with Crippen molar-refractivity contribution in [2.75, 3.05) is 4.90 Å². The zero-order chi connectivity index (χ0) is 36.7. The normalized spacial score (nSPS) is 17.3. The predicted molar refractivity (Wildman–Crippen MR) is 225 cm³/mol. The summed E-state index contributed by atoms with van der Waals surface area (Å²) in [6.07, 6.45) is 0. The minimum absolute atomic E-state index is 0.0258. The van der Waals surface area contributed by atoms with Crippen LogP contribution in [0.2, 0.25) is 0 Å². The van der Waals surface area contributed by atoms with Gasteiger partial charge in [-0.2, -0.15) is 0 Å². The molecule has 0 fully saturated rings. The van der Waals surface area contributed by atoms with E-state index in [1.807, 2.05) is 0 Å². The van der Waals surface area contributed by atoms with Gasteiger partial charge in [0, 0.05) is 27.9 Å². The van der Waals surface area contributed by atoms with Gasteiger partial charge in [-0.3, -0.25) is 0 Å². The minimum atomic E-state index is -0.0939. The molecule has 0 radical (unpaired) electrons. The standard InChI is InChI=1S/C52H47N/c1-49(2)43-19-13-11-17-41(43)48-36-25-22-33(29-32(36)21-28-45(48)49)53(34-23-26-39-37-15-9-12-18-42(37)50(3,4)46(39)30-34)35-24-27-40-38-16-10-14-20-44(38)51(5,6)52(7,8)47(40)31-35/h9-31H,1-8H3. The summed E-state index contributed by atoms with van der Waals surface area (Å²) in [6, 6.07) is 53.2. The van der Waals surface area contributed by atoms with E-state index in [-0.39, 0.29) is 21.7 Å². The molecule has 0 spiro atoms. The lowest BCUT2D eigenvalue weighted by Crippen LogP contribution is -2.43. The van der Waals surface area contributed by atoms with Crippen LogP contribution < -0.4 is 4.90 Å². The molecule has 260 valence electrons. The van der Waals surface area contributed by atoms with Crippen molar-refractivity contribution in [1.82, 2.24) is 0 Å². The van der Waals surface area contributed by atoms with Gasteiger partial charge in [0.15, 0.2) is 0 Å². The Morgan fingerprint density at radius 2 is 0.792 bits per heavy atom. The lowest BCUT2D eigenvalue weighted by Gasteiger charge is -2.48. The van der Waals surface area contributed by atoms with E-state index in [1.165, 1.54) is 94.6 Å². The summed E-state index contributed by atoms with van der Waals surface area (Å²) in [4.78, 5) is 2.51. The van der Waals surface area contributed by atoms with Crippen molar-refractivity contribution in [1.29, 1.82) is 0 Å². The van der Waals surface area contributed by atoms with Gasteiger partial charge in [0.2, 0.25) is 0 Å². The van der Waals surface area contributed by atoms with Crippen molar-refractivity contribution >= 4 is 27.8 Å². The Bertz CT molecular complexity index is 2680. The predicted octanol–water partition coefficient (Wildman–Crippen LogP) is 14.2. The van der Waals surface area contributed by atoms with Gasteiger partial charge in [-0.05, 0) is 125 Å². The van der Waals surface area contributed by atoms with E-state index in [0.717, 1.165) is 0 Å². The summed E-state index contributed by atoms with van der Waals surface area (Å²) in [5, 5.41) is 2.58. The van der Waals surface area contributed by atoms with Crippen LogP contribution in [-0.2, 0) is 21.7 Å². The van der Waals surface area contributed by atoms with Crippen molar-refractivity contribution < 1.29 is 0 Å². The Morgan fingerprint density at radius 3 is 1.47 bits per heavy atom. The van der Waals surface area contributed by atoms with Gasteiger partial charge in [-0.1, -0.05) is 159 Å². The molecule has 0 atom stereocenters. The number of benzene rings is 7. The van der Waals surface area contributed by atoms with Crippen molar-refractivity contribution in [3.8, 4) is 33.4 Å². The molecule has 0 aromatic heterocycles. The van der Waals surface area contributed by atoms with Crippen LogP contribution in [0.5, 0.6) is 0 Å². The van der Waals surface area contributed by atoms with E-state index in [1.54, 1.807) is 0 Å². The van der Waals surface area contributed by atoms with Gasteiger partial charge in [0.1, 0.15) is 0 Å². The summed E-state index contributed by atoms with van der Waals surface area (Å²) < 4.78 is 0. The molecule has 1 heteroatoms. The second-order valence-corrected chi connectivity index (χ2v) is 17.8. The van der Waals surface area contributed by atoms with Crippen LogP contribution in [0, 0.1) is 0 Å². The second-order valence-electron chi connectivity index (χ2n) is 17.8. The van der Waals surface area contributed by atoms with Crippen LogP contribution in [0.1, 0.15) is 88.8 Å². The molecule has 0 saturated heterocycles. The van der Waals surface area contributed by atoms with Gasteiger partial charge in [0.25, 0.3) is 0 Å². The summed E-state index contributed by atoms with van der Waals surface area (Å²) >= 11 is 0. The zero-order valence-corrected chi connectivity index (χ0v) is 32.2. The lowest BCUT2D eigenvalue weighted by molar-refractivity contribution is 0.299. The molecule has 7 aromatic carbocycles. The largest absolute Gasteiger partial charge is 0.310 e. The molecule has 10 rings (SSSR count). The van der Waals surface area contributed by atoms with Gasteiger partial charge in [-0.15, -0.1) is 0 Å². The van der Waals surface area contributed by atoms with Crippen molar-refractivity contribution in [3.63, 3.8) is 0 Å². The molecule has 0 heterocycles. The fourth-order valence-electron chi connectivity index (χ4n) is 10.3. The SMILES string of the molecule is CC1(C)c2ccccc2-c2ccc(N(c3ccc4c(c3)C(C)(C)C(C)(C)c3ccccc3-4)c3ccc4c5c(ccc4c3)C(C)(C)c3ccccc3-5)cc21. The number of fused-ring (bicyclic) bond motifs is 11. The lowest BCUT2D eigenvalue weighted by atomic mass is 9.55. The fraction of sp³-hybridized carbons (Fsp3) is 0.231. The molecule has 7 aromatic rings.